The molecule has 0 bridgehead atoms. The molecular weight excluding hydrogens is 1050 g/mol. The van der Waals surface area contributed by atoms with E-state index in [2.05, 4.69) is 263 Å². The van der Waals surface area contributed by atoms with Crippen LogP contribution in [0.4, 0.5) is 0 Å². The van der Waals surface area contributed by atoms with Crippen molar-refractivity contribution in [2.75, 3.05) is 0 Å². The van der Waals surface area contributed by atoms with Crippen LogP contribution in [0.15, 0.2) is 189 Å². The molecule has 9 rings (SSSR count). The molecule has 0 radical (unpaired) electrons. The number of hydrogen-bond acceptors (Lipinski definition) is 3. The number of pyridine rings is 2. The molecule has 2 aliphatic rings. The minimum Gasteiger partial charge on any atom is -0.271 e. The van der Waals surface area contributed by atoms with E-state index in [0.717, 1.165) is 10.3 Å². The Morgan fingerprint density at radius 3 is 1.46 bits per heavy atom. The third-order valence-corrected chi connectivity index (χ3v) is 14.5. The fraction of sp³-hybridized carbons (Fsp3) is 0.266. The Morgan fingerprint density at radius 1 is 0.500 bits per heavy atom. The Labute approximate surface area is 443 Å². The van der Waals surface area contributed by atoms with Crippen LogP contribution < -0.4 is 0 Å². The number of benzene rings is 5. The van der Waals surface area contributed by atoms with Crippen LogP contribution in [0.2, 0.25) is 0 Å². The van der Waals surface area contributed by atoms with Crippen molar-refractivity contribution in [2.45, 2.75) is 110 Å². The topological polar surface area (TPSA) is 42.9 Å². The molecule has 70 heavy (non-hydrogen) atoms. The molecular formula is C64H64Br3N2O+. The second-order valence-corrected chi connectivity index (χ2v) is 24.7. The molecule has 6 heteroatoms. The Morgan fingerprint density at radius 2 is 0.986 bits per heavy atom. The first kappa shape index (κ1) is 52.5. The van der Waals surface area contributed by atoms with Gasteiger partial charge in [0, 0.05) is 16.6 Å². The van der Waals surface area contributed by atoms with Gasteiger partial charge in [-0.1, -0.05) is 214 Å². The Balaban J connectivity index is 0.000000171. The number of fused-ring (bicyclic) bond motifs is 3. The number of carbonyl (C=O) groups is 1. The lowest BCUT2D eigenvalue weighted by atomic mass is 9.68. The summed E-state index contributed by atoms with van der Waals surface area (Å²) in [5.41, 5.74) is 16.5. The minimum atomic E-state index is -0.488. The first-order chi connectivity index (χ1) is 32.9. The van der Waals surface area contributed by atoms with Crippen molar-refractivity contribution in [3.8, 4) is 22.3 Å². The summed E-state index contributed by atoms with van der Waals surface area (Å²) in [6.45, 7) is 27.2. The number of nitrogens with zero attached hydrogens (tertiary/aromatic N) is 2. The molecule has 0 unspecified atom stereocenters. The third-order valence-electron chi connectivity index (χ3n) is 13.0. The van der Waals surface area contributed by atoms with E-state index in [1.165, 1.54) is 65.7 Å². The molecule has 0 N–H and O–H groups in total. The molecule has 0 fully saturated rings. The number of hydrogen-bond donors (Lipinski definition) is 0. The molecule has 0 saturated heterocycles. The number of aromatic nitrogens is 2. The van der Waals surface area contributed by atoms with Crippen LogP contribution in [0.3, 0.4) is 0 Å². The molecule has 0 saturated carbocycles. The summed E-state index contributed by atoms with van der Waals surface area (Å²) >= 11 is 10.6. The van der Waals surface area contributed by atoms with Gasteiger partial charge in [0.15, 0.2) is 0 Å². The van der Waals surface area contributed by atoms with Crippen molar-refractivity contribution in [3.63, 3.8) is 0 Å². The van der Waals surface area contributed by atoms with Crippen molar-refractivity contribution in [1.29, 1.82) is 0 Å². The maximum absolute atomic E-state index is 11.9. The molecule has 3 nitrogen and oxygen atoms in total. The van der Waals surface area contributed by atoms with Crippen LogP contribution in [-0.2, 0) is 27.1 Å². The zero-order chi connectivity index (χ0) is 50.8. The maximum Gasteiger partial charge on any atom is 0.266 e. The smallest absolute Gasteiger partial charge is 0.266 e. The largest absolute Gasteiger partial charge is 0.271 e. The lowest BCUT2D eigenvalue weighted by molar-refractivity contribution is 0.103. The first-order valence-electron chi connectivity index (χ1n) is 23.9. The molecule has 2 heterocycles. The minimum absolute atomic E-state index is 0.0491. The first-order valence-corrected chi connectivity index (χ1v) is 26.3. The standard InChI is InChI=1S/C32H32BrN.C20H25Br.C12H7BrNO/c1-30(2,3)22-15-17-24-25-18-16-23(31(4,5)6)20-27(25)32(26(24)19-22,21-11-8-7-9-12-21)28-13-10-14-29(33)34-28;1-19(2,3)15-9-7-14(8-10-15)17-12-11-16(13-18(17)21)20(4,5)6;13-11-8-4-7-10(14-11)12(15)9-5-2-1-3-6-9/h7-20H,1-6H3;7-13H,1-6H3;1-2,4-8H/q;;+1. The zero-order valence-corrected chi connectivity index (χ0v) is 47.4. The number of halogens is 3. The van der Waals surface area contributed by atoms with Crippen LogP contribution in [0.1, 0.15) is 138 Å². The summed E-state index contributed by atoms with van der Waals surface area (Å²) in [6.07, 6.45) is 9.81. The molecule has 0 atom stereocenters. The van der Waals surface area contributed by atoms with Gasteiger partial charge in [-0.25, -0.2) is 9.97 Å². The van der Waals surface area contributed by atoms with Gasteiger partial charge in [-0.05, 0) is 145 Å². The highest BCUT2D eigenvalue weighted by atomic mass is 79.9. The van der Waals surface area contributed by atoms with E-state index in [-0.39, 0.29) is 27.4 Å². The number of carbonyl (C=O) groups excluding carboxylic acids is 1. The Kier molecular flexibility index (Phi) is 15.6. The van der Waals surface area contributed by atoms with Crippen LogP contribution in [-0.4, -0.2) is 15.8 Å². The van der Waals surface area contributed by atoms with E-state index in [1.807, 2.05) is 6.07 Å². The predicted octanol–water partition coefficient (Wildman–Crippen LogP) is 18.4. The lowest BCUT2D eigenvalue weighted by Gasteiger charge is -2.34. The van der Waals surface area contributed by atoms with Crippen molar-refractivity contribution >= 4 is 53.6 Å². The van der Waals surface area contributed by atoms with Gasteiger partial charge in [0.25, 0.3) is 5.78 Å². The molecule has 2 aromatic heterocycles. The maximum atomic E-state index is 11.9. The second-order valence-electron chi connectivity index (χ2n) is 22.2. The summed E-state index contributed by atoms with van der Waals surface area (Å²) in [5, 5.41) is 0. The van der Waals surface area contributed by atoms with E-state index < -0.39 is 5.41 Å². The van der Waals surface area contributed by atoms with Crippen LogP contribution >= 0.6 is 47.8 Å². The van der Waals surface area contributed by atoms with Crippen LogP contribution in [0, 0.1) is 6.08 Å². The average molecular weight is 1120 g/mol. The van der Waals surface area contributed by atoms with Gasteiger partial charge >= 0.3 is 0 Å². The van der Waals surface area contributed by atoms with Crippen molar-refractivity contribution < 1.29 is 4.79 Å². The fourth-order valence-corrected chi connectivity index (χ4v) is 10.2. The van der Waals surface area contributed by atoms with Crippen LogP contribution in [0.5, 0.6) is 0 Å². The normalized spacial score (nSPS) is 13.7. The molecule has 0 amide bonds. The SMILES string of the molecule is CC(C)(C)c1ccc(-c2ccc(C(C)(C)C)cc2Br)cc1.CC(C)(C)c1ccc2c(c1)C(c1ccccc1)(c1cccc(Br)n1)c1cc(C(C)(C)C)ccc1-2.O=C(C1=CC=C[C+]=C1)c1cccc(Br)n1. The predicted molar refractivity (Wildman–Crippen MR) is 305 cm³/mol. The van der Waals surface area contributed by atoms with E-state index in [0.29, 0.717) is 15.9 Å². The monoisotopic (exact) mass is 1110 g/mol. The molecule has 5 aromatic carbocycles. The summed E-state index contributed by atoms with van der Waals surface area (Å²) in [7, 11) is 0. The fourth-order valence-electron chi connectivity index (χ4n) is 8.88. The number of Topliss-reactive ketones (excluding diaryl/α,β-unsaturated/α-hetero) is 1. The van der Waals surface area contributed by atoms with E-state index in [9.17, 15) is 4.79 Å². The highest BCUT2D eigenvalue weighted by Gasteiger charge is 2.48. The highest BCUT2D eigenvalue weighted by molar-refractivity contribution is 9.11. The molecule has 0 spiro atoms. The Bertz CT molecular complexity index is 3050. The van der Waals surface area contributed by atoms with E-state index >= 15 is 0 Å². The lowest BCUT2D eigenvalue weighted by Crippen LogP contribution is -2.30. The Hall–Kier alpha value is -5.36. The van der Waals surface area contributed by atoms with E-state index in [1.54, 1.807) is 42.5 Å². The van der Waals surface area contributed by atoms with Gasteiger partial charge in [0.2, 0.25) is 0 Å². The highest BCUT2D eigenvalue weighted by Crippen LogP contribution is 2.57. The summed E-state index contributed by atoms with van der Waals surface area (Å²) in [6, 6.07) is 52.2. The third kappa shape index (κ3) is 11.5. The van der Waals surface area contributed by atoms with Crippen molar-refractivity contribution in [2.24, 2.45) is 0 Å². The van der Waals surface area contributed by atoms with E-state index in [4.69, 9.17) is 4.98 Å². The number of rotatable bonds is 5. The molecule has 2 aliphatic carbocycles. The van der Waals surface area contributed by atoms with Crippen LogP contribution in [0.25, 0.3) is 22.3 Å². The van der Waals surface area contributed by atoms with Crippen molar-refractivity contribution in [1.82, 2.24) is 9.97 Å². The van der Waals surface area contributed by atoms with Gasteiger partial charge < -0.3 is 0 Å². The van der Waals surface area contributed by atoms with Gasteiger partial charge in [-0.15, -0.1) is 0 Å². The van der Waals surface area contributed by atoms with Gasteiger partial charge in [0.05, 0.1) is 17.2 Å². The number of allylic oxidation sites excluding steroid dienone is 6. The van der Waals surface area contributed by atoms with Gasteiger partial charge in [0.1, 0.15) is 32.6 Å². The second kappa shape index (κ2) is 20.8. The summed E-state index contributed by atoms with van der Waals surface area (Å²) in [4.78, 5) is 21.1. The van der Waals surface area contributed by atoms with Gasteiger partial charge in [-0.3, -0.25) is 4.79 Å². The molecule has 356 valence electrons. The quantitative estimate of drug-likeness (QED) is 0.0980. The summed E-state index contributed by atoms with van der Waals surface area (Å²) < 4.78 is 2.68. The molecule has 7 aromatic rings. The molecule has 0 aliphatic heterocycles. The average Bonchev–Trinajstić information content (AvgIpc) is 3.61. The summed E-state index contributed by atoms with van der Waals surface area (Å²) in [5.74, 6) is -0.0897. The zero-order valence-electron chi connectivity index (χ0n) is 42.6. The van der Waals surface area contributed by atoms with Crippen molar-refractivity contribution in [3.05, 3.63) is 246 Å². The number of ketones is 1. The van der Waals surface area contributed by atoms with Gasteiger partial charge in [-0.2, -0.15) is 0 Å².